The molecule has 0 radical (unpaired) electrons. The number of carbonyl (C=O) groups excluding carboxylic acids is 2. The van der Waals surface area contributed by atoms with Crippen molar-refractivity contribution in [2.24, 2.45) is 0 Å². The Bertz CT molecular complexity index is 1030. The number of nitrogens with one attached hydrogen (secondary N) is 2. The number of ether oxygens (including phenoxy) is 1. The van der Waals surface area contributed by atoms with E-state index in [1.165, 1.54) is 61.0 Å². The van der Waals surface area contributed by atoms with Crippen molar-refractivity contribution < 1.29 is 14.3 Å². The Balaban J connectivity index is 0.00000145. The van der Waals surface area contributed by atoms with E-state index < -0.39 is 0 Å². The van der Waals surface area contributed by atoms with Gasteiger partial charge in [0.1, 0.15) is 6.29 Å². The van der Waals surface area contributed by atoms with Crippen molar-refractivity contribution in [3.63, 3.8) is 0 Å². The molecule has 3 aromatic rings. The smallest absolute Gasteiger partial charge is 0.257 e. The molecule has 2 aromatic carbocycles. The number of methoxy groups -OCH3 is 1. The van der Waals surface area contributed by atoms with E-state index in [9.17, 15) is 9.59 Å². The van der Waals surface area contributed by atoms with Crippen LogP contribution in [0, 0.1) is 0 Å². The Morgan fingerprint density at radius 3 is 2.33 bits per heavy atom. The quantitative estimate of drug-likeness (QED) is 0.182. The van der Waals surface area contributed by atoms with Gasteiger partial charge in [0.05, 0.1) is 5.69 Å². The van der Waals surface area contributed by atoms with Gasteiger partial charge in [-0.05, 0) is 48.2 Å². The number of aldehydes is 1. The van der Waals surface area contributed by atoms with Gasteiger partial charge in [0, 0.05) is 43.8 Å². The maximum absolute atomic E-state index is 12.5. The summed E-state index contributed by atoms with van der Waals surface area (Å²) in [6, 6.07) is 16.1. The number of anilines is 2. The molecule has 0 unspecified atom stereocenters. The van der Waals surface area contributed by atoms with Crippen molar-refractivity contribution >= 4 is 34.3 Å². The molecule has 6 nitrogen and oxygen atoms in total. The van der Waals surface area contributed by atoms with Crippen LogP contribution in [-0.2, 0) is 28.9 Å². The van der Waals surface area contributed by atoms with Gasteiger partial charge in [-0.3, -0.25) is 10.1 Å². The van der Waals surface area contributed by atoms with Crippen molar-refractivity contribution in [2.45, 2.75) is 64.8 Å². The summed E-state index contributed by atoms with van der Waals surface area (Å²) >= 11 is 1.32. The second-order valence-electron chi connectivity index (χ2n) is 8.59. The highest BCUT2D eigenvalue weighted by molar-refractivity contribution is 7.14. The van der Waals surface area contributed by atoms with Crippen LogP contribution in [0.2, 0.25) is 0 Å². The van der Waals surface area contributed by atoms with Crippen LogP contribution in [0.1, 0.15) is 72.6 Å². The number of benzene rings is 2. The molecule has 0 aliphatic heterocycles. The summed E-state index contributed by atoms with van der Waals surface area (Å²) < 4.78 is 4.25. The molecule has 1 aromatic heterocycles. The number of carbonyl (C=O) groups is 2. The lowest BCUT2D eigenvalue weighted by molar-refractivity contribution is -0.107. The number of thiazole rings is 1. The number of aryl methyl sites for hydroxylation is 1. The van der Waals surface area contributed by atoms with Crippen LogP contribution >= 0.6 is 11.3 Å². The average Bonchev–Trinajstić information content (AvgIpc) is 3.33. The predicted octanol–water partition coefficient (Wildman–Crippen LogP) is 6.91. The van der Waals surface area contributed by atoms with Crippen LogP contribution in [0.3, 0.4) is 0 Å². The first kappa shape index (κ1) is 29.2. The predicted molar refractivity (Wildman–Crippen MR) is 150 cm³/mol. The van der Waals surface area contributed by atoms with E-state index in [-0.39, 0.29) is 12.3 Å². The molecular formula is C29H39N3O3S. The van der Waals surface area contributed by atoms with Gasteiger partial charge in [-0.2, -0.15) is 0 Å². The van der Waals surface area contributed by atoms with E-state index in [2.05, 4.69) is 51.5 Å². The number of amides is 1. The Kier molecular flexibility index (Phi) is 14.1. The van der Waals surface area contributed by atoms with E-state index in [1.54, 1.807) is 31.7 Å². The zero-order valence-electron chi connectivity index (χ0n) is 21.7. The third-order valence-electron chi connectivity index (χ3n) is 5.61. The van der Waals surface area contributed by atoms with Crippen LogP contribution in [0.25, 0.3) is 0 Å². The molecule has 0 aliphatic rings. The molecule has 194 valence electrons. The molecular weight excluding hydrogens is 470 g/mol. The van der Waals surface area contributed by atoms with E-state index in [0.29, 0.717) is 16.4 Å². The minimum absolute atomic E-state index is 0.210. The van der Waals surface area contributed by atoms with Crippen LogP contribution in [0.15, 0.2) is 53.9 Å². The molecule has 36 heavy (non-hydrogen) atoms. The van der Waals surface area contributed by atoms with E-state index >= 15 is 0 Å². The van der Waals surface area contributed by atoms with Crippen LogP contribution in [-0.4, -0.2) is 31.4 Å². The molecule has 0 saturated carbocycles. The number of hydrogen-bond acceptors (Lipinski definition) is 6. The third kappa shape index (κ3) is 10.7. The van der Waals surface area contributed by atoms with Crippen molar-refractivity contribution in [1.82, 2.24) is 4.98 Å². The van der Waals surface area contributed by atoms with Crippen molar-refractivity contribution in [3.8, 4) is 0 Å². The Hall–Kier alpha value is -3.03. The maximum Gasteiger partial charge on any atom is 0.257 e. The van der Waals surface area contributed by atoms with Gasteiger partial charge >= 0.3 is 0 Å². The molecule has 1 heterocycles. The molecule has 0 saturated heterocycles. The van der Waals surface area contributed by atoms with E-state index in [0.717, 1.165) is 24.9 Å². The molecule has 1 amide bonds. The molecule has 0 bridgehead atoms. The average molecular weight is 510 g/mol. The monoisotopic (exact) mass is 509 g/mol. The van der Waals surface area contributed by atoms with Gasteiger partial charge < -0.3 is 14.8 Å². The number of unbranched alkanes of at least 4 members (excludes halogenated alkanes) is 5. The first-order chi connectivity index (χ1) is 17.6. The minimum Gasteiger partial charge on any atom is -0.388 e. The lowest BCUT2D eigenvalue weighted by Gasteiger charge is -2.12. The summed E-state index contributed by atoms with van der Waals surface area (Å²) in [4.78, 5) is 27.3. The van der Waals surface area contributed by atoms with Gasteiger partial charge in [0.2, 0.25) is 0 Å². The van der Waals surface area contributed by atoms with E-state index in [1.807, 2.05) is 12.1 Å². The minimum atomic E-state index is -0.210. The Labute approximate surface area is 219 Å². The molecule has 0 spiro atoms. The Morgan fingerprint density at radius 1 is 0.972 bits per heavy atom. The van der Waals surface area contributed by atoms with Gasteiger partial charge in [0.15, 0.2) is 5.13 Å². The molecule has 7 heteroatoms. The highest BCUT2D eigenvalue weighted by Gasteiger charge is 2.09. The zero-order chi connectivity index (χ0) is 26.0. The molecule has 3 rings (SSSR count). The summed E-state index contributed by atoms with van der Waals surface area (Å²) in [5.41, 5.74) is 4.94. The normalized spacial score (nSPS) is 10.3. The van der Waals surface area contributed by atoms with Gasteiger partial charge in [0.25, 0.3) is 5.91 Å². The van der Waals surface area contributed by atoms with Gasteiger partial charge in [-0.15, -0.1) is 11.3 Å². The third-order valence-corrected chi connectivity index (χ3v) is 6.42. The summed E-state index contributed by atoms with van der Waals surface area (Å²) in [6.07, 6.45) is 10.0. The number of nitrogens with zero attached hydrogens (tertiary/aromatic N) is 1. The molecule has 0 fully saturated rings. The summed E-state index contributed by atoms with van der Waals surface area (Å²) in [5, 5.41) is 8.55. The summed E-state index contributed by atoms with van der Waals surface area (Å²) in [7, 11) is 3.25. The first-order valence-electron chi connectivity index (χ1n) is 12.6. The Morgan fingerprint density at radius 2 is 1.64 bits per heavy atom. The zero-order valence-corrected chi connectivity index (χ0v) is 22.5. The second-order valence-corrected chi connectivity index (χ2v) is 9.45. The highest BCUT2D eigenvalue weighted by Crippen LogP contribution is 2.19. The summed E-state index contributed by atoms with van der Waals surface area (Å²) in [5.74, 6) is -0.210. The topological polar surface area (TPSA) is 80.3 Å². The SMILES string of the molecule is CCCCCCCCc1ccccc1CNc1ccc(C(=O)Nc2nc(CC=O)cs2)cc1.COC. The lowest BCUT2D eigenvalue weighted by Crippen LogP contribution is -2.12. The maximum atomic E-state index is 12.5. The number of hydrogen-bond donors (Lipinski definition) is 2. The molecule has 2 N–H and O–H groups in total. The number of aromatic nitrogens is 1. The van der Waals surface area contributed by atoms with Crippen LogP contribution < -0.4 is 10.6 Å². The number of rotatable bonds is 14. The first-order valence-corrected chi connectivity index (χ1v) is 13.5. The van der Waals surface area contributed by atoms with Crippen LogP contribution in [0.5, 0.6) is 0 Å². The fraction of sp³-hybridized carbons (Fsp3) is 0.414. The lowest BCUT2D eigenvalue weighted by atomic mass is 10.0. The fourth-order valence-electron chi connectivity index (χ4n) is 3.72. The van der Waals surface area contributed by atoms with Gasteiger partial charge in [-0.1, -0.05) is 63.3 Å². The fourth-order valence-corrected chi connectivity index (χ4v) is 4.44. The highest BCUT2D eigenvalue weighted by atomic mass is 32.1. The van der Waals surface area contributed by atoms with Crippen molar-refractivity contribution in [2.75, 3.05) is 24.9 Å². The van der Waals surface area contributed by atoms with Crippen LogP contribution in [0.4, 0.5) is 10.8 Å². The summed E-state index contributed by atoms with van der Waals surface area (Å²) in [6.45, 7) is 3.01. The molecule has 0 atom stereocenters. The molecule has 0 aliphatic carbocycles. The van der Waals surface area contributed by atoms with Gasteiger partial charge in [-0.25, -0.2) is 4.98 Å². The largest absolute Gasteiger partial charge is 0.388 e. The van der Waals surface area contributed by atoms with E-state index in [4.69, 9.17) is 0 Å². The van der Waals surface area contributed by atoms with Crippen molar-refractivity contribution in [1.29, 1.82) is 0 Å². The standard InChI is InChI=1S/C27H33N3O2S.C2H6O/c1-2-3-4-5-6-7-10-21-11-8-9-12-23(21)19-28-24-15-13-22(14-16-24)26(32)30-27-29-25(17-18-31)20-33-27;1-3-2/h8-9,11-16,18,20,28H,2-7,10,17,19H2,1H3,(H,29,30,32);1-2H3. The second kappa shape index (κ2) is 17.4. The van der Waals surface area contributed by atoms with Crippen molar-refractivity contribution in [3.05, 3.63) is 76.3 Å².